The van der Waals surface area contributed by atoms with Gasteiger partial charge in [-0.2, -0.15) is 0 Å². The van der Waals surface area contributed by atoms with Crippen molar-refractivity contribution in [2.24, 2.45) is 5.73 Å². The summed E-state index contributed by atoms with van der Waals surface area (Å²) in [6.07, 6.45) is 0. The van der Waals surface area contributed by atoms with Gasteiger partial charge in [-0.15, -0.1) is 0 Å². The van der Waals surface area contributed by atoms with E-state index in [9.17, 15) is 9.18 Å². The summed E-state index contributed by atoms with van der Waals surface area (Å²) in [4.78, 5) is 12.0. The maximum absolute atomic E-state index is 12.9. The highest BCUT2D eigenvalue weighted by Gasteiger charge is 2.11. The Morgan fingerprint density at radius 3 is 2.55 bits per heavy atom. The van der Waals surface area contributed by atoms with E-state index in [1.165, 1.54) is 12.1 Å². The topological polar surface area (TPSA) is 55.1 Å². The van der Waals surface area contributed by atoms with Crippen LogP contribution in [0, 0.1) is 5.82 Å². The van der Waals surface area contributed by atoms with E-state index in [1.807, 2.05) is 24.3 Å². The van der Waals surface area contributed by atoms with Gasteiger partial charge >= 0.3 is 0 Å². The maximum atomic E-state index is 12.9. The molecular formula is C15H14ClFN2O. The van der Waals surface area contributed by atoms with Crippen molar-refractivity contribution in [2.75, 3.05) is 0 Å². The second-order valence-electron chi connectivity index (χ2n) is 4.28. The molecule has 0 heterocycles. The van der Waals surface area contributed by atoms with E-state index in [0.717, 1.165) is 17.2 Å². The molecule has 20 heavy (non-hydrogen) atoms. The van der Waals surface area contributed by atoms with Crippen LogP contribution in [0.1, 0.15) is 21.5 Å². The predicted octanol–water partition coefficient (Wildman–Crippen LogP) is 2.87. The number of rotatable bonds is 4. The highest BCUT2D eigenvalue weighted by atomic mass is 35.5. The standard InChI is InChI=1S/C15H14ClFN2O/c16-14-7-12(17)5-6-13(14)15(20)19-9-11-4-2-1-3-10(11)8-18/h1-7H,8-9,18H2,(H,19,20). The summed E-state index contributed by atoms with van der Waals surface area (Å²) in [5, 5.41) is 2.84. The Labute approximate surface area is 121 Å². The third-order valence-corrected chi connectivity index (χ3v) is 3.27. The Morgan fingerprint density at radius 1 is 1.20 bits per heavy atom. The van der Waals surface area contributed by atoms with Gasteiger partial charge in [0.15, 0.2) is 0 Å². The Morgan fingerprint density at radius 2 is 1.90 bits per heavy atom. The minimum atomic E-state index is -0.472. The van der Waals surface area contributed by atoms with Crippen molar-refractivity contribution in [3.63, 3.8) is 0 Å². The second-order valence-corrected chi connectivity index (χ2v) is 4.69. The van der Waals surface area contributed by atoms with Gasteiger partial charge in [-0.25, -0.2) is 4.39 Å². The molecule has 0 aliphatic rings. The second kappa shape index (κ2) is 6.50. The summed E-state index contributed by atoms with van der Waals surface area (Å²) in [5.41, 5.74) is 7.80. The number of nitrogens with one attached hydrogen (secondary N) is 1. The van der Waals surface area contributed by atoms with Gasteiger partial charge in [0.25, 0.3) is 5.91 Å². The van der Waals surface area contributed by atoms with Crippen molar-refractivity contribution in [3.8, 4) is 0 Å². The summed E-state index contributed by atoms with van der Waals surface area (Å²) in [7, 11) is 0. The third kappa shape index (κ3) is 3.35. The van der Waals surface area contributed by atoms with Crippen LogP contribution in [0.5, 0.6) is 0 Å². The molecular weight excluding hydrogens is 279 g/mol. The van der Waals surface area contributed by atoms with Crippen LogP contribution in [-0.4, -0.2) is 5.91 Å². The number of halogens is 2. The highest BCUT2D eigenvalue weighted by molar-refractivity contribution is 6.33. The number of amides is 1. The normalized spacial score (nSPS) is 10.3. The maximum Gasteiger partial charge on any atom is 0.253 e. The Kier molecular flexibility index (Phi) is 4.71. The Bertz CT molecular complexity index is 631. The number of carbonyl (C=O) groups excluding carboxylic acids is 1. The van der Waals surface area contributed by atoms with Crippen molar-refractivity contribution in [1.29, 1.82) is 0 Å². The van der Waals surface area contributed by atoms with Gasteiger partial charge in [-0.05, 0) is 29.3 Å². The molecule has 0 fully saturated rings. The summed E-state index contributed by atoms with van der Waals surface area (Å²) < 4.78 is 12.9. The zero-order valence-electron chi connectivity index (χ0n) is 10.7. The molecule has 2 aromatic carbocycles. The molecule has 2 aromatic rings. The van der Waals surface area contributed by atoms with Gasteiger partial charge in [0, 0.05) is 13.1 Å². The van der Waals surface area contributed by atoms with Crippen molar-refractivity contribution in [2.45, 2.75) is 13.1 Å². The van der Waals surface area contributed by atoms with Crippen LogP contribution < -0.4 is 11.1 Å². The molecule has 0 saturated heterocycles. The number of nitrogens with two attached hydrogens (primary N) is 1. The number of carbonyl (C=O) groups is 1. The molecule has 0 radical (unpaired) electrons. The first-order valence-corrected chi connectivity index (χ1v) is 6.49. The van der Waals surface area contributed by atoms with Crippen LogP contribution in [-0.2, 0) is 13.1 Å². The minimum Gasteiger partial charge on any atom is -0.348 e. The van der Waals surface area contributed by atoms with Gasteiger partial charge < -0.3 is 11.1 Å². The van der Waals surface area contributed by atoms with Crippen LogP contribution in [0.15, 0.2) is 42.5 Å². The number of benzene rings is 2. The number of hydrogen-bond acceptors (Lipinski definition) is 2. The smallest absolute Gasteiger partial charge is 0.253 e. The molecule has 0 spiro atoms. The largest absolute Gasteiger partial charge is 0.348 e. The number of hydrogen-bond donors (Lipinski definition) is 2. The molecule has 0 atom stereocenters. The van der Waals surface area contributed by atoms with Gasteiger partial charge in [0.1, 0.15) is 5.82 Å². The zero-order chi connectivity index (χ0) is 14.5. The lowest BCUT2D eigenvalue weighted by atomic mass is 10.1. The van der Waals surface area contributed by atoms with Crippen LogP contribution in [0.3, 0.4) is 0 Å². The molecule has 0 saturated carbocycles. The average molecular weight is 293 g/mol. The summed E-state index contributed by atoms with van der Waals surface area (Å²) in [5.74, 6) is -0.818. The quantitative estimate of drug-likeness (QED) is 0.910. The first-order chi connectivity index (χ1) is 9.61. The van der Waals surface area contributed by atoms with E-state index in [0.29, 0.717) is 13.1 Å². The van der Waals surface area contributed by atoms with Gasteiger partial charge in [-0.3, -0.25) is 4.79 Å². The van der Waals surface area contributed by atoms with Crippen molar-refractivity contribution in [1.82, 2.24) is 5.32 Å². The summed E-state index contributed by atoms with van der Waals surface area (Å²) in [6.45, 7) is 0.753. The molecule has 0 aliphatic carbocycles. The first-order valence-electron chi connectivity index (χ1n) is 6.12. The summed E-state index contributed by atoms with van der Waals surface area (Å²) in [6, 6.07) is 11.3. The monoisotopic (exact) mass is 292 g/mol. The van der Waals surface area contributed by atoms with E-state index >= 15 is 0 Å². The fourth-order valence-electron chi connectivity index (χ4n) is 1.87. The molecule has 0 unspecified atom stereocenters. The lowest BCUT2D eigenvalue weighted by Crippen LogP contribution is -2.24. The van der Waals surface area contributed by atoms with Crippen molar-refractivity contribution >= 4 is 17.5 Å². The van der Waals surface area contributed by atoms with Crippen LogP contribution in [0.4, 0.5) is 4.39 Å². The van der Waals surface area contributed by atoms with Crippen molar-refractivity contribution < 1.29 is 9.18 Å². The van der Waals surface area contributed by atoms with Gasteiger partial charge in [0.2, 0.25) is 0 Å². The molecule has 2 rings (SSSR count). The van der Waals surface area contributed by atoms with Crippen LogP contribution in [0.2, 0.25) is 5.02 Å². The fraction of sp³-hybridized carbons (Fsp3) is 0.133. The van der Waals surface area contributed by atoms with E-state index in [1.54, 1.807) is 0 Å². The van der Waals surface area contributed by atoms with Crippen LogP contribution in [0.25, 0.3) is 0 Å². The Balaban J connectivity index is 2.09. The molecule has 3 nitrogen and oxygen atoms in total. The lowest BCUT2D eigenvalue weighted by molar-refractivity contribution is 0.0951. The molecule has 104 valence electrons. The van der Waals surface area contributed by atoms with E-state index in [2.05, 4.69) is 5.32 Å². The molecule has 5 heteroatoms. The Hall–Kier alpha value is -1.91. The van der Waals surface area contributed by atoms with E-state index < -0.39 is 5.82 Å². The van der Waals surface area contributed by atoms with E-state index in [-0.39, 0.29) is 16.5 Å². The zero-order valence-corrected chi connectivity index (χ0v) is 11.5. The minimum absolute atomic E-state index is 0.0922. The van der Waals surface area contributed by atoms with Gasteiger partial charge in [-0.1, -0.05) is 35.9 Å². The first kappa shape index (κ1) is 14.5. The third-order valence-electron chi connectivity index (χ3n) is 2.95. The van der Waals surface area contributed by atoms with Gasteiger partial charge in [0.05, 0.1) is 10.6 Å². The fourth-order valence-corrected chi connectivity index (χ4v) is 2.13. The predicted molar refractivity (Wildman–Crippen MR) is 76.9 cm³/mol. The van der Waals surface area contributed by atoms with Crippen molar-refractivity contribution in [3.05, 3.63) is 70.0 Å². The van der Waals surface area contributed by atoms with E-state index in [4.69, 9.17) is 17.3 Å². The molecule has 3 N–H and O–H groups in total. The molecule has 0 aliphatic heterocycles. The highest BCUT2D eigenvalue weighted by Crippen LogP contribution is 2.17. The molecule has 1 amide bonds. The molecule has 0 aromatic heterocycles. The lowest BCUT2D eigenvalue weighted by Gasteiger charge is -2.10. The SMILES string of the molecule is NCc1ccccc1CNC(=O)c1ccc(F)cc1Cl. The molecule has 0 bridgehead atoms. The van der Waals surface area contributed by atoms with Crippen LogP contribution >= 0.6 is 11.6 Å². The summed E-state index contributed by atoms with van der Waals surface area (Å²) >= 11 is 5.84. The average Bonchev–Trinajstić information content (AvgIpc) is 2.45.